The van der Waals surface area contributed by atoms with E-state index in [1.54, 1.807) is 58.3 Å². The van der Waals surface area contributed by atoms with Crippen LogP contribution in [0.4, 0.5) is 11.4 Å². The van der Waals surface area contributed by atoms with Crippen LogP contribution in [0.3, 0.4) is 0 Å². The summed E-state index contributed by atoms with van der Waals surface area (Å²) in [7, 11) is 0. The molecule has 0 unspecified atom stereocenters. The number of ether oxygens (including phenoxy) is 2. The summed E-state index contributed by atoms with van der Waals surface area (Å²) < 4.78 is 10.8. The third-order valence-electron chi connectivity index (χ3n) is 6.88. The molecule has 0 bridgehead atoms. The maximum absolute atomic E-state index is 13.4. The Balaban J connectivity index is 1.40. The Labute approximate surface area is 257 Å². The monoisotopic (exact) mass is 592 g/mol. The smallest absolute Gasteiger partial charge is 0.311 e. The second kappa shape index (κ2) is 15.8. The van der Waals surface area contributed by atoms with Crippen molar-refractivity contribution < 1.29 is 28.7 Å². The predicted octanol–water partition coefficient (Wildman–Crippen LogP) is 6.44. The van der Waals surface area contributed by atoms with Gasteiger partial charge >= 0.3 is 11.9 Å². The Kier molecular flexibility index (Phi) is 11.4. The Morgan fingerprint density at radius 2 is 0.818 bits per heavy atom. The Morgan fingerprint density at radius 3 is 1.16 bits per heavy atom. The quantitative estimate of drug-likeness (QED) is 0.131. The van der Waals surface area contributed by atoms with Gasteiger partial charge in [-0.05, 0) is 62.4 Å². The van der Waals surface area contributed by atoms with Crippen LogP contribution >= 0.6 is 0 Å². The molecule has 0 heterocycles. The van der Waals surface area contributed by atoms with Crippen molar-refractivity contribution in [2.24, 2.45) is 0 Å². The summed E-state index contributed by atoms with van der Waals surface area (Å²) in [6.45, 7) is 4.22. The molecule has 4 rings (SSSR count). The first-order valence-electron chi connectivity index (χ1n) is 14.5. The molecule has 2 amide bonds. The number of esters is 2. The summed E-state index contributed by atoms with van der Waals surface area (Å²) in [6, 6.07) is 32.4. The van der Waals surface area contributed by atoms with E-state index in [-0.39, 0.29) is 50.6 Å². The third-order valence-corrected chi connectivity index (χ3v) is 6.88. The zero-order valence-electron chi connectivity index (χ0n) is 25.0. The van der Waals surface area contributed by atoms with E-state index in [9.17, 15) is 19.2 Å². The number of carbonyl (C=O) groups is 4. The molecule has 0 aliphatic rings. The number of hydrogen-bond donors (Lipinski definition) is 0. The molecular formula is C36H36N2O6. The predicted molar refractivity (Wildman–Crippen MR) is 170 cm³/mol. The molecule has 0 radical (unpaired) electrons. The van der Waals surface area contributed by atoms with E-state index in [0.29, 0.717) is 22.9 Å². The highest BCUT2D eigenvalue weighted by Gasteiger charge is 2.22. The van der Waals surface area contributed by atoms with E-state index in [0.717, 1.165) is 11.1 Å². The molecule has 0 aliphatic carbocycles. The summed E-state index contributed by atoms with van der Waals surface area (Å²) in [6.07, 6.45) is -0.325. The zero-order valence-corrected chi connectivity index (χ0v) is 25.0. The third kappa shape index (κ3) is 9.66. The number of aryl methyl sites for hydroxylation is 2. The fourth-order valence-electron chi connectivity index (χ4n) is 4.48. The standard InChI is InChI=1S/C36H36N2O6/c1-27-13-17-31(18-14-27)43-35(41)23-21-33(39)37(29-9-5-3-6-10-29)25-26-38(30-11-7-4-8-12-30)34(40)22-24-36(42)44-32-19-15-28(2)16-20-32/h3-20H,21-26H2,1-2H3. The van der Waals surface area contributed by atoms with Crippen LogP contribution in [0.25, 0.3) is 0 Å². The van der Waals surface area contributed by atoms with Crippen molar-refractivity contribution in [3.63, 3.8) is 0 Å². The minimum absolute atomic E-state index is 0.0658. The number of carbonyl (C=O) groups excluding carboxylic acids is 4. The Morgan fingerprint density at radius 1 is 0.477 bits per heavy atom. The van der Waals surface area contributed by atoms with E-state index >= 15 is 0 Å². The topological polar surface area (TPSA) is 93.2 Å². The summed E-state index contributed by atoms with van der Waals surface area (Å²) in [5.74, 6) is -0.721. The SMILES string of the molecule is Cc1ccc(OC(=O)CCC(=O)N(CCN(C(=O)CCC(=O)Oc2ccc(C)cc2)c2ccccc2)c2ccccc2)cc1. The number of rotatable bonds is 13. The highest BCUT2D eigenvalue weighted by molar-refractivity contribution is 5.97. The van der Waals surface area contributed by atoms with Gasteiger partial charge in [0.25, 0.3) is 0 Å². The fraction of sp³-hybridized carbons (Fsp3) is 0.222. The van der Waals surface area contributed by atoms with Crippen molar-refractivity contribution in [1.82, 2.24) is 0 Å². The van der Waals surface area contributed by atoms with Crippen molar-refractivity contribution in [3.8, 4) is 11.5 Å². The van der Waals surface area contributed by atoms with Crippen LogP contribution in [0.5, 0.6) is 11.5 Å². The summed E-state index contributed by atoms with van der Waals surface area (Å²) in [4.78, 5) is 54.9. The van der Waals surface area contributed by atoms with Gasteiger partial charge in [-0.15, -0.1) is 0 Å². The molecule has 0 atom stereocenters. The summed E-state index contributed by atoms with van der Waals surface area (Å²) >= 11 is 0. The molecule has 0 aliphatic heterocycles. The van der Waals surface area contributed by atoms with Crippen LogP contribution in [0.1, 0.15) is 36.8 Å². The average molecular weight is 593 g/mol. The number of benzene rings is 4. The minimum Gasteiger partial charge on any atom is -0.427 e. The van der Waals surface area contributed by atoms with Gasteiger partial charge in [0.2, 0.25) is 11.8 Å². The molecule has 8 nitrogen and oxygen atoms in total. The highest BCUT2D eigenvalue weighted by Crippen LogP contribution is 2.20. The van der Waals surface area contributed by atoms with Gasteiger partial charge in [-0.3, -0.25) is 19.2 Å². The minimum atomic E-state index is -0.506. The maximum Gasteiger partial charge on any atom is 0.311 e. The van der Waals surface area contributed by atoms with Gasteiger partial charge in [0, 0.05) is 37.3 Å². The fourth-order valence-corrected chi connectivity index (χ4v) is 4.48. The number of anilines is 2. The van der Waals surface area contributed by atoms with Crippen LogP contribution in [0.15, 0.2) is 109 Å². The molecular weight excluding hydrogens is 556 g/mol. The lowest BCUT2D eigenvalue weighted by atomic mass is 10.2. The number of nitrogens with zero attached hydrogens (tertiary/aromatic N) is 2. The van der Waals surface area contributed by atoms with Crippen molar-refractivity contribution in [2.75, 3.05) is 22.9 Å². The second-order valence-corrected chi connectivity index (χ2v) is 10.3. The first-order chi connectivity index (χ1) is 21.3. The van der Waals surface area contributed by atoms with E-state index in [1.165, 1.54) is 0 Å². The lowest BCUT2D eigenvalue weighted by molar-refractivity contribution is -0.136. The summed E-state index contributed by atoms with van der Waals surface area (Å²) in [5.41, 5.74) is 3.38. The van der Waals surface area contributed by atoms with E-state index in [4.69, 9.17) is 9.47 Å². The van der Waals surface area contributed by atoms with Crippen LogP contribution in [0, 0.1) is 13.8 Å². The van der Waals surface area contributed by atoms with Gasteiger partial charge < -0.3 is 19.3 Å². The average Bonchev–Trinajstić information content (AvgIpc) is 3.04. The molecule has 4 aromatic carbocycles. The zero-order chi connectivity index (χ0) is 31.3. The van der Waals surface area contributed by atoms with Crippen LogP contribution < -0.4 is 19.3 Å². The maximum atomic E-state index is 13.4. The van der Waals surface area contributed by atoms with Gasteiger partial charge in [0.1, 0.15) is 11.5 Å². The molecule has 0 fully saturated rings. The number of amides is 2. The molecule has 0 spiro atoms. The lowest BCUT2D eigenvalue weighted by Crippen LogP contribution is -2.41. The molecule has 4 aromatic rings. The Bertz CT molecular complexity index is 1420. The van der Waals surface area contributed by atoms with E-state index < -0.39 is 11.9 Å². The Hall–Kier alpha value is -5.24. The number of hydrogen-bond acceptors (Lipinski definition) is 6. The van der Waals surface area contributed by atoms with Gasteiger partial charge in [0.15, 0.2) is 0 Å². The molecule has 0 N–H and O–H groups in total. The first kappa shape index (κ1) is 31.7. The molecule has 8 heteroatoms. The largest absolute Gasteiger partial charge is 0.427 e. The van der Waals surface area contributed by atoms with Crippen LogP contribution in [-0.2, 0) is 19.2 Å². The van der Waals surface area contributed by atoms with Gasteiger partial charge in [0.05, 0.1) is 12.8 Å². The van der Waals surface area contributed by atoms with E-state index in [1.807, 2.05) is 74.5 Å². The molecule has 0 aromatic heterocycles. The lowest BCUT2D eigenvalue weighted by Gasteiger charge is -2.28. The molecule has 0 saturated carbocycles. The molecule has 226 valence electrons. The first-order valence-corrected chi connectivity index (χ1v) is 14.5. The second-order valence-electron chi connectivity index (χ2n) is 10.3. The highest BCUT2D eigenvalue weighted by atomic mass is 16.5. The van der Waals surface area contributed by atoms with Gasteiger partial charge in [-0.1, -0.05) is 71.8 Å². The van der Waals surface area contributed by atoms with Gasteiger partial charge in [-0.25, -0.2) is 0 Å². The molecule has 44 heavy (non-hydrogen) atoms. The number of para-hydroxylation sites is 2. The van der Waals surface area contributed by atoms with Crippen molar-refractivity contribution >= 4 is 35.1 Å². The normalized spacial score (nSPS) is 10.5. The van der Waals surface area contributed by atoms with Gasteiger partial charge in [-0.2, -0.15) is 0 Å². The molecule has 0 saturated heterocycles. The van der Waals surface area contributed by atoms with Crippen LogP contribution in [0.2, 0.25) is 0 Å². The van der Waals surface area contributed by atoms with Crippen LogP contribution in [-0.4, -0.2) is 36.8 Å². The summed E-state index contributed by atoms with van der Waals surface area (Å²) in [5, 5.41) is 0. The van der Waals surface area contributed by atoms with E-state index in [2.05, 4.69) is 0 Å². The van der Waals surface area contributed by atoms with Crippen molar-refractivity contribution in [1.29, 1.82) is 0 Å². The van der Waals surface area contributed by atoms with Crippen molar-refractivity contribution in [2.45, 2.75) is 39.5 Å². The van der Waals surface area contributed by atoms with Crippen molar-refractivity contribution in [3.05, 3.63) is 120 Å².